The van der Waals surface area contributed by atoms with Crippen LogP contribution in [0.3, 0.4) is 0 Å². The van der Waals surface area contributed by atoms with E-state index in [0.29, 0.717) is 24.4 Å². The van der Waals surface area contributed by atoms with Gasteiger partial charge in [-0.25, -0.2) is 0 Å². The summed E-state index contributed by atoms with van der Waals surface area (Å²) in [6.07, 6.45) is 1.18. The molecule has 0 unspecified atom stereocenters. The molecule has 7 heteroatoms. The van der Waals surface area contributed by atoms with Crippen LogP contribution < -0.4 is 16.0 Å². The maximum Gasteiger partial charge on any atom is 0.272 e. The number of anilines is 2. The van der Waals surface area contributed by atoms with E-state index in [9.17, 15) is 9.59 Å². The molecule has 2 amide bonds. The van der Waals surface area contributed by atoms with Crippen molar-refractivity contribution in [2.75, 3.05) is 16.5 Å². The first-order chi connectivity index (χ1) is 11.7. The zero-order valence-corrected chi connectivity index (χ0v) is 14.4. The third-order valence-corrected chi connectivity index (χ3v) is 5.66. The molecule has 3 N–H and O–H groups in total. The van der Waals surface area contributed by atoms with Crippen LogP contribution in [0, 0.1) is 0 Å². The Morgan fingerprint density at radius 3 is 2.96 bits per heavy atom. The molecule has 0 bridgehead atoms. The summed E-state index contributed by atoms with van der Waals surface area (Å²) in [6.45, 7) is 0. The van der Waals surface area contributed by atoms with Crippen molar-refractivity contribution in [3.05, 3.63) is 51.8 Å². The highest BCUT2D eigenvalue weighted by molar-refractivity contribution is 8.08. The van der Waals surface area contributed by atoms with Crippen molar-refractivity contribution in [3.8, 4) is 0 Å². The van der Waals surface area contributed by atoms with E-state index >= 15 is 0 Å². The number of carbonyl (C=O) groups excluding carboxylic acids is 2. The number of hydrogen-bond donors (Lipinski definition) is 3. The molecule has 1 aromatic carbocycles. The summed E-state index contributed by atoms with van der Waals surface area (Å²) in [5.74, 6) is 0.600. The van der Waals surface area contributed by atoms with Gasteiger partial charge in [-0.05, 0) is 47.0 Å². The summed E-state index contributed by atoms with van der Waals surface area (Å²) in [6, 6.07) is 7.61. The molecule has 2 aromatic rings. The number of benzene rings is 1. The van der Waals surface area contributed by atoms with Crippen molar-refractivity contribution in [1.82, 2.24) is 5.32 Å². The normalized spacial score (nSPS) is 16.4. The standard InChI is InChI=1S/C17H15N3O2S2/c21-14-4-1-10-7-12(2-3-13(10)20-14)19-17(22)15-16(24-9-18-15)11-5-6-23-8-11/h2-3,5-8,18H,1,4,9H2,(H,19,22)(H,20,21). The number of carbonyl (C=O) groups is 2. The second kappa shape index (κ2) is 6.33. The predicted molar refractivity (Wildman–Crippen MR) is 98.9 cm³/mol. The lowest BCUT2D eigenvalue weighted by Crippen LogP contribution is -2.23. The summed E-state index contributed by atoms with van der Waals surface area (Å²) >= 11 is 3.26. The quantitative estimate of drug-likeness (QED) is 0.789. The molecule has 5 nitrogen and oxygen atoms in total. The molecule has 0 spiro atoms. The van der Waals surface area contributed by atoms with Gasteiger partial charge in [-0.15, -0.1) is 11.8 Å². The Balaban J connectivity index is 1.56. The van der Waals surface area contributed by atoms with Crippen molar-refractivity contribution in [2.24, 2.45) is 0 Å². The zero-order chi connectivity index (χ0) is 16.5. The van der Waals surface area contributed by atoms with E-state index in [1.807, 2.05) is 35.0 Å². The third-order valence-electron chi connectivity index (χ3n) is 3.96. The van der Waals surface area contributed by atoms with Gasteiger partial charge in [0.05, 0.1) is 5.88 Å². The second-order valence-electron chi connectivity index (χ2n) is 5.56. The lowest BCUT2D eigenvalue weighted by atomic mass is 10.0. The molecule has 0 radical (unpaired) electrons. The Bertz CT molecular complexity index is 844. The summed E-state index contributed by atoms with van der Waals surface area (Å²) in [5.41, 5.74) is 4.31. The summed E-state index contributed by atoms with van der Waals surface area (Å²) in [5, 5.41) is 13.0. The molecule has 0 aliphatic carbocycles. The molecule has 2 aliphatic heterocycles. The van der Waals surface area contributed by atoms with Crippen molar-refractivity contribution in [3.63, 3.8) is 0 Å². The number of rotatable bonds is 3. The van der Waals surface area contributed by atoms with Crippen molar-refractivity contribution in [2.45, 2.75) is 12.8 Å². The van der Waals surface area contributed by atoms with E-state index in [4.69, 9.17) is 0 Å². The minimum Gasteiger partial charge on any atom is -0.370 e. The van der Waals surface area contributed by atoms with Crippen molar-refractivity contribution in [1.29, 1.82) is 0 Å². The van der Waals surface area contributed by atoms with Crippen molar-refractivity contribution >= 4 is 51.2 Å². The van der Waals surface area contributed by atoms with Gasteiger partial charge in [-0.2, -0.15) is 11.3 Å². The SMILES string of the molecule is O=C1CCc2cc(NC(=O)C3=C(c4ccsc4)SCN3)ccc2N1. The van der Waals surface area contributed by atoms with E-state index in [2.05, 4.69) is 16.0 Å². The van der Waals surface area contributed by atoms with Gasteiger partial charge in [-0.1, -0.05) is 0 Å². The van der Waals surface area contributed by atoms with Gasteiger partial charge in [-0.3, -0.25) is 9.59 Å². The van der Waals surface area contributed by atoms with Crippen LogP contribution >= 0.6 is 23.1 Å². The number of thioether (sulfide) groups is 1. The topological polar surface area (TPSA) is 70.2 Å². The summed E-state index contributed by atoms with van der Waals surface area (Å²) in [7, 11) is 0. The smallest absolute Gasteiger partial charge is 0.272 e. The Labute approximate surface area is 147 Å². The molecule has 122 valence electrons. The maximum absolute atomic E-state index is 12.6. The van der Waals surface area contributed by atoms with Gasteiger partial charge in [0.1, 0.15) is 5.70 Å². The summed E-state index contributed by atoms with van der Waals surface area (Å²) in [4.78, 5) is 25.0. The zero-order valence-electron chi connectivity index (χ0n) is 12.7. The lowest BCUT2D eigenvalue weighted by Gasteiger charge is -2.18. The van der Waals surface area contributed by atoms with Gasteiger partial charge in [0, 0.05) is 28.3 Å². The molecule has 0 saturated carbocycles. The van der Waals surface area contributed by atoms with Crippen LogP contribution in [0.5, 0.6) is 0 Å². The molecular weight excluding hydrogens is 342 g/mol. The monoisotopic (exact) mass is 357 g/mol. The second-order valence-corrected chi connectivity index (χ2v) is 7.32. The van der Waals surface area contributed by atoms with Gasteiger partial charge >= 0.3 is 0 Å². The first-order valence-electron chi connectivity index (χ1n) is 7.58. The lowest BCUT2D eigenvalue weighted by molar-refractivity contribution is -0.116. The van der Waals surface area contributed by atoms with Gasteiger partial charge in [0.25, 0.3) is 5.91 Å². The Morgan fingerprint density at radius 2 is 2.12 bits per heavy atom. The molecule has 0 fully saturated rings. The number of fused-ring (bicyclic) bond motifs is 1. The van der Waals surface area contributed by atoms with Crippen LogP contribution in [0.15, 0.2) is 40.7 Å². The number of hydrogen-bond acceptors (Lipinski definition) is 5. The molecule has 3 heterocycles. The fraction of sp³-hybridized carbons (Fsp3) is 0.176. The van der Waals surface area contributed by atoms with E-state index in [1.165, 1.54) is 0 Å². The number of nitrogens with one attached hydrogen (secondary N) is 3. The number of amides is 2. The summed E-state index contributed by atoms with van der Waals surface area (Å²) < 4.78 is 0. The molecule has 0 atom stereocenters. The average Bonchev–Trinajstić information content (AvgIpc) is 3.25. The maximum atomic E-state index is 12.6. The molecule has 24 heavy (non-hydrogen) atoms. The van der Waals surface area contributed by atoms with Gasteiger partial charge in [0.2, 0.25) is 5.91 Å². The Hall–Kier alpha value is -2.25. The van der Waals surface area contributed by atoms with Crippen LogP contribution in [-0.4, -0.2) is 17.7 Å². The molecule has 2 aliphatic rings. The Kier molecular flexibility index (Phi) is 4.03. The molecule has 1 aromatic heterocycles. The minimum absolute atomic E-state index is 0.0389. The highest BCUT2D eigenvalue weighted by Gasteiger charge is 2.23. The van der Waals surface area contributed by atoms with E-state index in [0.717, 1.165) is 27.4 Å². The fourth-order valence-electron chi connectivity index (χ4n) is 2.79. The van der Waals surface area contributed by atoms with Crippen LogP contribution in [0.25, 0.3) is 4.91 Å². The van der Waals surface area contributed by atoms with Gasteiger partial charge < -0.3 is 16.0 Å². The Morgan fingerprint density at radius 1 is 1.21 bits per heavy atom. The van der Waals surface area contributed by atoms with E-state index < -0.39 is 0 Å². The molecular formula is C17H15N3O2S2. The highest BCUT2D eigenvalue weighted by Crippen LogP contribution is 2.35. The highest BCUT2D eigenvalue weighted by atomic mass is 32.2. The van der Waals surface area contributed by atoms with Crippen LogP contribution in [0.1, 0.15) is 17.5 Å². The van der Waals surface area contributed by atoms with Gasteiger partial charge in [0.15, 0.2) is 0 Å². The van der Waals surface area contributed by atoms with E-state index in [-0.39, 0.29) is 11.8 Å². The van der Waals surface area contributed by atoms with Crippen LogP contribution in [0.4, 0.5) is 11.4 Å². The minimum atomic E-state index is -0.138. The average molecular weight is 357 g/mol. The largest absolute Gasteiger partial charge is 0.370 e. The predicted octanol–water partition coefficient (Wildman–Crippen LogP) is 3.23. The van der Waals surface area contributed by atoms with Crippen LogP contribution in [0.2, 0.25) is 0 Å². The number of thiophene rings is 1. The van der Waals surface area contributed by atoms with E-state index in [1.54, 1.807) is 23.1 Å². The first kappa shape index (κ1) is 15.3. The molecule has 4 rings (SSSR count). The molecule has 0 saturated heterocycles. The fourth-order valence-corrected chi connectivity index (χ4v) is 4.48. The third kappa shape index (κ3) is 2.92. The first-order valence-corrected chi connectivity index (χ1v) is 9.51. The van der Waals surface area contributed by atoms with Crippen molar-refractivity contribution < 1.29 is 9.59 Å². The van der Waals surface area contributed by atoms with Crippen LogP contribution in [-0.2, 0) is 16.0 Å². The number of aryl methyl sites for hydroxylation is 1.